The third-order valence-corrected chi connectivity index (χ3v) is 6.88. The molecular formula is C25H26F4N9+. The van der Waals surface area contributed by atoms with Crippen molar-refractivity contribution in [3.05, 3.63) is 53.4 Å². The molecular weight excluding hydrogens is 502 g/mol. The third kappa shape index (κ3) is 4.48. The normalized spacial score (nSPS) is 18.9. The van der Waals surface area contributed by atoms with Crippen LogP contribution >= 0.6 is 0 Å². The Morgan fingerprint density at radius 3 is 2.45 bits per heavy atom. The van der Waals surface area contributed by atoms with E-state index in [1.54, 1.807) is 18.1 Å². The zero-order chi connectivity index (χ0) is 27.5. The van der Waals surface area contributed by atoms with Gasteiger partial charge in [-0.1, -0.05) is 35.9 Å². The lowest BCUT2D eigenvalue weighted by atomic mass is 9.90. The predicted octanol–water partition coefficient (Wildman–Crippen LogP) is 3.56. The number of alkyl halides is 4. The van der Waals surface area contributed by atoms with E-state index in [4.69, 9.17) is 0 Å². The van der Waals surface area contributed by atoms with Gasteiger partial charge in [0.15, 0.2) is 11.5 Å². The zero-order valence-electron chi connectivity index (χ0n) is 21.3. The van der Waals surface area contributed by atoms with Gasteiger partial charge in [0.1, 0.15) is 24.8 Å². The van der Waals surface area contributed by atoms with Crippen molar-refractivity contribution < 1.29 is 21.9 Å². The van der Waals surface area contributed by atoms with Crippen molar-refractivity contribution in [2.75, 3.05) is 18.0 Å². The molecule has 0 radical (unpaired) electrons. The quantitative estimate of drug-likeness (QED) is 0.382. The Morgan fingerprint density at radius 1 is 1.16 bits per heavy atom. The van der Waals surface area contributed by atoms with Gasteiger partial charge in [-0.25, -0.2) is 4.39 Å². The summed E-state index contributed by atoms with van der Waals surface area (Å²) in [5.74, 6) is 0.197. The van der Waals surface area contributed by atoms with Gasteiger partial charge < -0.3 is 9.47 Å². The van der Waals surface area contributed by atoms with Gasteiger partial charge in [-0.05, 0) is 12.1 Å². The van der Waals surface area contributed by atoms with Gasteiger partial charge in [0.25, 0.3) is 0 Å². The van der Waals surface area contributed by atoms with Crippen molar-refractivity contribution >= 4 is 5.69 Å². The molecule has 1 atom stereocenters. The standard InChI is InChI=1S/C25H26F4N9/c1-23(2,3)20-33-22-31-12-16(13-38(22)35-20)18-10-17(25(27,28)29)9-15(11-30)19(18)37-7-5-24(26,6-8-37)21-34-32-14-36(21)4/h9-10,12-14,20H,5-8H2,1-4H3/q+1. The summed E-state index contributed by atoms with van der Waals surface area (Å²) >= 11 is 0. The Kier molecular flexibility index (Phi) is 5.96. The Labute approximate surface area is 215 Å². The lowest BCUT2D eigenvalue weighted by Gasteiger charge is -2.38. The molecule has 2 aliphatic heterocycles. The maximum Gasteiger partial charge on any atom is 0.453 e. The molecule has 1 aromatic carbocycles. The number of aromatic nitrogens is 5. The van der Waals surface area contributed by atoms with Gasteiger partial charge in [0, 0.05) is 44.0 Å². The summed E-state index contributed by atoms with van der Waals surface area (Å²) in [4.78, 5) is 10.6. The fourth-order valence-corrected chi connectivity index (χ4v) is 4.79. The smallest absolute Gasteiger partial charge is 0.370 e. The summed E-state index contributed by atoms with van der Waals surface area (Å²) in [5, 5.41) is 22.1. The highest BCUT2D eigenvalue weighted by Crippen LogP contribution is 2.43. The molecule has 0 N–H and O–H groups in total. The lowest BCUT2D eigenvalue weighted by Crippen LogP contribution is -2.42. The van der Waals surface area contributed by atoms with E-state index in [2.05, 4.69) is 25.3 Å². The first-order chi connectivity index (χ1) is 17.8. The summed E-state index contributed by atoms with van der Waals surface area (Å²) in [6.07, 6.45) is -0.590. The van der Waals surface area contributed by atoms with Crippen LogP contribution in [0.5, 0.6) is 0 Å². The molecule has 0 amide bonds. The van der Waals surface area contributed by atoms with Crippen molar-refractivity contribution in [1.82, 2.24) is 19.7 Å². The number of hydrogen-bond acceptors (Lipinski definition) is 7. The van der Waals surface area contributed by atoms with Gasteiger partial charge in [-0.15, -0.1) is 14.6 Å². The Hall–Kier alpha value is -3.95. The molecule has 38 heavy (non-hydrogen) atoms. The van der Waals surface area contributed by atoms with Crippen molar-refractivity contribution in [1.29, 1.82) is 5.26 Å². The number of rotatable bonds is 3. The van der Waals surface area contributed by atoms with Crippen LogP contribution in [0.25, 0.3) is 11.1 Å². The van der Waals surface area contributed by atoms with E-state index in [0.717, 1.165) is 12.1 Å². The van der Waals surface area contributed by atoms with Crippen LogP contribution in [0.1, 0.15) is 50.6 Å². The molecule has 1 saturated heterocycles. The number of fused-ring (bicyclic) bond motifs is 1. The van der Waals surface area contributed by atoms with Crippen LogP contribution < -0.4 is 14.9 Å². The minimum Gasteiger partial charge on any atom is -0.370 e. The van der Waals surface area contributed by atoms with Crippen LogP contribution in [0, 0.1) is 16.7 Å². The van der Waals surface area contributed by atoms with Crippen molar-refractivity contribution in [2.24, 2.45) is 22.6 Å². The number of aryl methyl sites for hydroxylation is 1. The molecule has 2 aromatic heterocycles. The van der Waals surface area contributed by atoms with Gasteiger partial charge in [0.2, 0.25) is 6.17 Å². The van der Waals surface area contributed by atoms with Gasteiger partial charge >= 0.3 is 11.8 Å². The predicted molar refractivity (Wildman–Crippen MR) is 127 cm³/mol. The molecule has 2 aliphatic rings. The summed E-state index contributed by atoms with van der Waals surface area (Å²) in [6.45, 7) is 6.25. The number of hydrogen-bond donors (Lipinski definition) is 0. The van der Waals surface area contributed by atoms with Gasteiger partial charge in [-0.2, -0.15) is 18.4 Å². The number of piperidine rings is 1. The van der Waals surface area contributed by atoms with Crippen LogP contribution in [-0.4, -0.2) is 39.0 Å². The van der Waals surface area contributed by atoms with E-state index in [9.17, 15) is 18.4 Å². The lowest BCUT2D eigenvalue weighted by molar-refractivity contribution is -0.564. The molecule has 0 spiro atoms. The topological polar surface area (TPSA) is 101 Å². The van der Waals surface area contributed by atoms with Crippen LogP contribution in [0.4, 0.5) is 23.2 Å². The van der Waals surface area contributed by atoms with Crippen molar-refractivity contribution in [3.63, 3.8) is 0 Å². The van der Waals surface area contributed by atoms with Crippen LogP contribution in [0.15, 0.2) is 41.0 Å². The van der Waals surface area contributed by atoms with E-state index in [0.29, 0.717) is 16.9 Å². The van der Waals surface area contributed by atoms with Crippen LogP contribution in [0.3, 0.4) is 0 Å². The first-order valence-corrected chi connectivity index (χ1v) is 12.1. The highest BCUT2D eigenvalue weighted by atomic mass is 19.4. The maximum absolute atomic E-state index is 15.8. The summed E-state index contributed by atoms with van der Waals surface area (Å²) in [5.41, 5.74) is -1.99. The molecule has 0 saturated carbocycles. The van der Waals surface area contributed by atoms with E-state index in [-0.39, 0.29) is 48.3 Å². The minimum atomic E-state index is -4.67. The summed E-state index contributed by atoms with van der Waals surface area (Å²) < 4.78 is 60.3. The molecule has 0 aliphatic carbocycles. The van der Waals surface area contributed by atoms with Gasteiger partial charge in [-0.3, -0.25) is 0 Å². The highest BCUT2D eigenvalue weighted by molar-refractivity contribution is 5.83. The second kappa shape index (κ2) is 8.82. The van der Waals surface area contributed by atoms with Crippen molar-refractivity contribution in [2.45, 2.75) is 51.6 Å². The van der Waals surface area contributed by atoms with Crippen molar-refractivity contribution in [3.8, 4) is 17.2 Å². The molecule has 0 bridgehead atoms. The third-order valence-electron chi connectivity index (χ3n) is 6.88. The van der Waals surface area contributed by atoms with E-state index < -0.39 is 23.6 Å². The number of nitriles is 1. The molecule has 4 heterocycles. The van der Waals surface area contributed by atoms with E-state index in [1.807, 2.05) is 26.8 Å². The highest BCUT2D eigenvalue weighted by Gasteiger charge is 2.42. The SMILES string of the molecule is Cn1cnnc1C1(F)CCN(c2c(C#N)cc(C(F)(F)F)cc2-c2cnc3[n+](c2)=NC(C(C)(C)C)N=3)CC1. The fourth-order valence-electron chi connectivity index (χ4n) is 4.79. The van der Waals surface area contributed by atoms with Gasteiger partial charge in [0.05, 0.1) is 22.4 Å². The molecule has 13 heteroatoms. The second-order valence-corrected chi connectivity index (χ2v) is 10.7. The number of anilines is 1. The average molecular weight is 529 g/mol. The minimum absolute atomic E-state index is 0.0313. The van der Waals surface area contributed by atoms with E-state index in [1.165, 1.54) is 21.5 Å². The molecule has 9 nitrogen and oxygen atoms in total. The molecule has 5 rings (SSSR count). The summed E-state index contributed by atoms with van der Waals surface area (Å²) in [7, 11) is 1.66. The molecule has 1 fully saturated rings. The zero-order valence-corrected chi connectivity index (χ0v) is 21.3. The number of halogens is 4. The Balaban J connectivity index is 1.60. The first kappa shape index (κ1) is 25.7. The van der Waals surface area contributed by atoms with Crippen LogP contribution in [0.2, 0.25) is 0 Å². The monoisotopic (exact) mass is 528 g/mol. The second-order valence-electron chi connectivity index (χ2n) is 10.7. The number of nitrogens with zero attached hydrogens (tertiary/aromatic N) is 9. The largest absolute Gasteiger partial charge is 0.453 e. The fraction of sp³-hybridized carbons (Fsp3) is 0.480. The Bertz CT molecular complexity index is 1560. The molecule has 3 aromatic rings. The first-order valence-electron chi connectivity index (χ1n) is 12.1. The number of benzene rings is 1. The molecule has 198 valence electrons. The Morgan fingerprint density at radius 2 is 1.87 bits per heavy atom. The average Bonchev–Trinajstić information content (AvgIpc) is 3.49. The molecule has 1 unspecified atom stereocenters. The van der Waals surface area contributed by atoms with E-state index >= 15 is 4.39 Å². The maximum atomic E-state index is 15.8. The van der Waals surface area contributed by atoms with Crippen LogP contribution in [-0.2, 0) is 18.9 Å². The summed E-state index contributed by atoms with van der Waals surface area (Å²) in [6, 6.07) is 3.76.